The summed E-state index contributed by atoms with van der Waals surface area (Å²) >= 11 is 0. The smallest absolute Gasteiger partial charge is 0.0669 e. The van der Waals surface area contributed by atoms with E-state index in [1.165, 1.54) is 11.1 Å². The van der Waals surface area contributed by atoms with Crippen LogP contribution in [0.3, 0.4) is 0 Å². The Balaban J connectivity index is 2.37. The summed E-state index contributed by atoms with van der Waals surface area (Å²) in [5.74, 6) is 0.142. The molecule has 1 N–H and O–H groups in total. The van der Waals surface area contributed by atoms with Gasteiger partial charge in [0.1, 0.15) is 0 Å². The highest BCUT2D eigenvalue weighted by Gasteiger charge is 2.12. The molecule has 0 amide bonds. The van der Waals surface area contributed by atoms with E-state index in [0.717, 1.165) is 25.9 Å². The summed E-state index contributed by atoms with van der Waals surface area (Å²) in [7, 11) is 0. The number of nitrogens with zero attached hydrogens (tertiary/aromatic N) is 1. The zero-order valence-electron chi connectivity index (χ0n) is 12.7. The molecule has 0 heterocycles. The van der Waals surface area contributed by atoms with Gasteiger partial charge < -0.3 is 5.32 Å². The summed E-state index contributed by atoms with van der Waals surface area (Å²) in [6.45, 7) is 10.5. The SMILES string of the molecule is CCC(C#N)CNCCc1ccc(C(C)(C)C)cc1. The van der Waals surface area contributed by atoms with E-state index in [9.17, 15) is 0 Å². The van der Waals surface area contributed by atoms with E-state index in [1.54, 1.807) is 0 Å². The number of nitrogens with one attached hydrogen (secondary N) is 1. The first kappa shape index (κ1) is 15.7. The quantitative estimate of drug-likeness (QED) is 0.790. The van der Waals surface area contributed by atoms with Gasteiger partial charge in [0.25, 0.3) is 0 Å². The second-order valence-corrected chi connectivity index (χ2v) is 6.14. The number of rotatable bonds is 6. The summed E-state index contributed by atoms with van der Waals surface area (Å²) in [5.41, 5.74) is 2.95. The summed E-state index contributed by atoms with van der Waals surface area (Å²) < 4.78 is 0. The van der Waals surface area contributed by atoms with Crippen molar-refractivity contribution in [3.8, 4) is 6.07 Å². The van der Waals surface area contributed by atoms with E-state index >= 15 is 0 Å². The lowest BCUT2D eigenvalue weighted by atomic mass is 9.86. The van der Waals surface area contributed by atoms with Gasteiger partial charge in [-0.3, -0.25) is 0 Å². The second-order valence-electron chi connectivity index (χ2n) is 6.14. The summed E-state index contributed by atoms with van der Waals surface area (Å²) in [4.78, 5) is 0. The second kappa shape index (κ2) is 7.31. The molecule has 0 fully saturated rings. The predicted molar refractivity (Wildman–Crippen MR) is 81.1 cm³/mol. The number of benzene rings is 1. The Morgan fingerprint density at radius 1 is 1.21 bits per heavy atom. The van der Waals surface area contributed by atoms with Crippen LogP contribution in [0.25, 0.3) is 0 Å². The number of hydrogen-bond acceptors (Lipinski definition) is 2. The molecule has 0 radical (unpaired) electrons. The third-order valence-electron chi connectivity index (χ3n) is 3.48. The van der Waals surface area contributed by atoms with Crippen molar-refractivity contribution in [1.82, 2.24) is 5.32 Å². The van der Waals surface area contributed by atoms with E-state index in [2.05, 4.69) is 63.3 Å². The molecule has 19 heavy (non-hydrogen) atoms. The van der Waals surface area contributed by atoms with Gasteiger partial charge in [0.2, 0.25) is 0 Å². The highest BCUT2D eigenvalue weighted by atomic mass is 14.8. The van der Waals surface area contributed by atoms with Crippen molar-refractivity contribution in [2.45, 2.75) is 46.0 Å². The maximum absolute atomic E-state index is 8.86. The van der Waals surface area contributed by atoms with Gasteiger partial charge in [0.15, 0.2) is 0 Å². The molecule has 104 valence electrons. The average Bonchev–Trinajstić information content (AvgIpc) is 2.38. The number of nitriles is 1. The molecular weight excluding hydrogens is 232 g/mol. The van der Waals surface area contributed by atoms with Crippen LogP contribution in [0.5, 0.6) is 0 Å². The van der Waals surface area contributed by atoms with Crippen LogP contribution in [0, 0.1) is 17.2 Å². The van der Waals surface area contributed by atoms with Gasteiger partial charge in [0, 0.05) is 6.54 Å². The molecule has 1 aromatic rings. The van der Waals surface area contributed by atoms with Crippen LogP contribution in [-0.4, -0.2) is 13.1 Å². The molecule has 1 unspecified atom stereocenters. The molecule has 0 spiro atoms. The van der Waals surface area contributed by atoms with Crippen molar-refractivity contribution < 1.29 is 0 Å². The Morgan fingerprint density at radius 2 is 1.84 bits per heavy atom. The van der Waals surface area contributed by atoms with Crippen LogP contribution in [0.15, 0.2) is 24.3 Å². The van der Waals surface area contributed by atoms with E-state index in [0.29, 0.717) is 0 Å². The van der Waals surface area contributed by atoms with Crippen molar-refractivity contribution in [1.29, 1.82) is 5.26 Å². The van der Waals surface area contributed by atoms with Gasteiger partial charge in [-0.25, -0.2) is 0 Å². The third-order valence-corrected chi connectivity index (χ3v) is 3.48. The minimum absolute atomic E-state index is 0.142. The zero-order chi connectivity index (χ0) is 14.3. The minimum atomic E-state index is 0.142. The first-order chi connectivity index (χ1) is 8.97. The summed E-state index contributed by atoms with van der Waals surface area (Å²) in [6.07, 6.45) is 1.94. The van der Waals surface area contributed by atoms with Crippen LogP contribution in [-0.2, 0) is 11.8 Å². The lowest BCUT2D eigenvalue weighted by molar-refractivity contribution is 0.554. The van der Waals surface area contributed by atoms with Crippen LogP contribution in [0.4, 0.5) is 0 Å². The fourth-order valence-corrected chi connectivity index (χ4v) is 1.96. The number of hydrogen-bond donors (Lipinski definition) is 1. The van der Waals surface area contributed by atoms with E-state index in [4.69, 9.17) is 5.26 Å². The average molecular weight is 258 g/mol. The molecule has 0 bridgehead atoms. The Morgan fingerprint density at radius 3 is 2.32 bits per heavy atom. The first-order valence-electron chi connectivity index (χ1n) is 7.17. The van der Waals surface area contributed by atoms with Crippen molar-refractivity contribution in [3.05, 3.63) is 35.4 Å². The molecular formula is C17H26N2. The lowest BCUT2D eigenvalue weighted by Gasteiger charge is -2.19. The molecule has 0 saturated carbocycles. The topological polar surface area (TPSA) is 35.8 Å². The zero-order valence-corrected chi connectivity index (χ0v) is 12.7. The highest BCUT2D eigenvalue weighted by Crippen LogP contribution is 2.22. The van der Waals surface area contributed by atoms with Gasteiger partial charge >= 0.3 is 0 Å². The van der Waals surface area contributed by atoms with Gasteiger partial charge in [0.05, 0.1) is 12.0 Å². The summed E-state index contributed by atoms with van der Waals surface area (Å²) in [5, 5.41) is 12.2. The lowest BCUT2D eigenvalue weighted by Crippen LogP contribution is -2.23. The van der Waals surface area contributed by atoms with Gasteiger partial charge in [-0.15, -0.1) is 0 Å². The molecule has 0 saturated heterocycles. The van der Waals surface area contributed by atoms with Crippen LogP contribution in [0.1, 0.15) is 45.2 Å². The molecule has 0 aliphatic heterocycles. The fraction of sp³-hybridized carbons (Fsp3) is 0.588. The standard InChI is InChI=1S/C17H26N2/c1-5-14(12-18)13-19-11-10-15-6-8-16(9-7-15)17(2,3)4/h6-9,14,19H,5,10-11,13H2,1-4H3. The van der Waals surface area contributed by atoms with Crippen LogP contribution in [0.2, 0.25) is 0 Å². The molecule has 1 aromatic carbocycles. The van der Waals surface area contributed by atoms with Gasteiger partial charge in [-0.05, 0) is 35.9 Å². The molecule has 2 nitrogen and oxygen atoms in total. The Labute approximate surface area is 117 Å². The van der Waals surface area contributed by atoms with Crippen molar-refractivity contribution in [2.75, 3.05) is 13.1 Å². The fourth-order valence-electron chi connectivity index (χ4n) is 1.96. The van der Waals surface area contributed by atoms with Crippen molar-refractivity contribution >= 4 is 0 Å². The molecule has 0 aromatic heterocycles. The Bertz CT molecular complexity index is 406. The Hall–Kier alpha value is -1.33. The van der Waals surface area contributed by atoms with E-state index in [1.807, 2.05) is 0 Å². The van der Waals surface area contributed by atoms with Crippen molar-refractivity contribution in [2.24, 2.45) is 5.92 Å². The molecule has 2 heteroatoms. The molecule has 1 atom stereocenters. The summed E-state index contributed by atoms with van der Waals surface area (Å²) in [6, 6.07) is 11.2. The van der Waals surface area contributed by atoms with Crippen LogP contribution < -0.4 is 5.32 Å². The molecule has 1 rings (SSSR count). The maximum atomic E-state index is 8.86. The molecule has 0 aliphatic carbocycles. The monoisotopic (exact) mass is 258 g/mol. The van der Waals surface area contributed by atoms with Crippen LogP contribution >= 0.6 is 0 Å². The van der Waals surface area contributed by atoms with Gasteiger partial charge in [-0.1, -0.05) is 52.0 Å². The minimum Gasteiger partial charge on any atom is -0.315 e. The highest BCUT2D eigenvalue weighted by molar-refractivity contribution is 5.27. The largest absolute Gasteiger partial charge is 0.315 e. The normalized spacial score (nSPS) is 13.0. The maximum Gasteiger partial charge on any atom is 0.0669 e. The first-order valence-corrected chi connectivity index (χ1v) is 7.17. The van der Waals surface area contributed by atoms with Gasteiger partial charge in [-0.2, -0.15) is 5.26 Å². The third kappa shape index (κ3) is 5.44. The predicted octanol–water partition coefficient (Wildman–Crippen LogP) is 3.67. The Kier molecular flexibility index (Phi) is 6.05. The molecule has 0 aliphatic rings. The van der Waals surface area contributed by atoms with E-state index < -0.39 is 0 Å². The van der Waals surface area contributed by atoms with Crippen molar-refractivity contribution in [3.63, 3.8) is 0 Å². The van der Waals surface area contributed by atoms with E-state index in [-0.39, 0.29) is 11.3 Å².